The second-order valence-electron chi connectivity index (χ2n) is 11.7. The van der Waals surface area contributed by atoms with Crippen molar-refractivity contribution in [1.82, 2.24) is 5.32 Å². The van der Waals surface area contributed by atoms with E-state index in [-0.39, 0.29) is 10.8 Å². The van der Waals surface area contributed by atoms with Crippen LogP contribution in [0.3, 0.4) is 0 Å². The number of ether oxygens (including phenoxy) is 1. The highest BCUT2D eigenvalue weighted by atomic mass is 79.9. The third-order valence-corrected chi connectivity index (χ3v) is 11.6. The maximum Gasteiger partial charge on any atom is 0.407 e. The van der Waals surface area contributed by atoms with E-state index < -0.39 is 25.8 Å². The SMILES string of the molecule is CCc1cc(NC(=S)CNc2ccc(Br)c(CNC(=O)OC(C)(C)C)c2)c(F)c(O[Si](C)(C)C(C)(C)C)c1. The van der Waals surface area contributed by atoms with Crippen molar-refractivity contribution in [3.05, 3.63) is 51.7 Å². The second-order valence-corrected chi connectivity index (χ2v) is 17.8. The predicted molar refractivity (Wildman–Crippen MR) is 166 cm³/mol. The number of carbonyl (C=O) groups excluding carboxylic acids is 1. The molecule has 0 saturated heterocycles. The van der Waals surface area contributed by atoms with Gasteiger partial charge in [-0.2, -0.15) is 0 Å². The number of amides is 1. The summed E-state index contributed by atoms with van der Waals surface area (Å²) < 4.78 is 27.9. The van der Waals surface area contributed by atoms with E-state index in [0.717, 1.165) is 27.7 Å². The lowest BCUT2D eigenvalue weighted by Crippen LogP contribution is -2.44. The molecule has 0 saturated carbocycles. The molecule has 38 heavy (non-hydrogen) atoms. The van der Waals surface area contributed by atoms with Crippen LogP contribution in [0.4, 0.5) is 20.6 Å². The first kappa shape index (κ1) is 32.0. The van der Waals surface area contributed by atoms with Gasteiger partial charge in [-0.15, -0.1) is 0 Å². The van der Waals surface area contributed by atoms with E-state index in [1.807, 2.05) is 45.9 Å². The summed E-state index contributed by atoms with van der Waals surface area (Å²) in [7, 11) is -2.22. The zero-order chi connectivity index (χ0) is 28.9. The van der Waals surface area contributed by atoms with Gasteiger partial charge >= 0.3 is 6.09 Å². The lowest BCUT2D eigenvalue weighted by atomic mass is 10.1. The van der Waals surface area contributed by atoms with Crippen LogP contribution in [0.1, 0.15) is 59.6 Å². The molecule has 10 heteroatoms. The zero-order valence-electron chi connectivity index (χ0n) is 23.9. The average molecular weight is 627 g/mol. The molecule has 6 nitrogen and oxygen atoms in total. The first-order valence-electron chi connectivity index (χ1n) is 12.7. The van der Waals surface area contributed by atoms with Crippen molar-refractivity contribution in [2.75, 3.05) is 17.2 Å². The van der Waals surface area contributed by atoms with Crippen LogP contribution in [-0.4, -0.2) is 31.5 Å². The fourth-order valence-corrected chi connectivity index (χ4v) is 4.70. The van der Waals surface area contributed by atoms with Crippen molar-refractivity contribution in [1.29, 1.82) is 0 Å². The molecule has 2 aromatic carbocycles. The molecule has 0 aromatic heterocycles. The fourth-order valence-electron chi connectivity index (χ4n) is 3.13. The van der Waals surface area contributed by atoms with Crippen molar-refractivity contribution >= 4 is 58.9 Å². The highest BCUT2D eigenvalue weighted by molar-refractivity contribution is 9.10. The maximum atomic E-state index is 15.5. The first-order chi connectivity index (χ1) is 17.4. The van der Waals surface area contributed by atoms with Crippen LogP contribution in [0.5, 0.6) is 5.75 Å². The lowest BCUT2D eigenvalue weighted by molar-refractivity contribution is 0.0523. The third kappa shape index (κ3) is 9.54. The number of aryl methyl sites for hydroxylation is 1. The number of nitrogens with one attached hydrogen (secondary N) is 3. The quantitative estimate of drug-likeness (QED) is 0.192. The van der Waals surface area contributed by atoms with Crippen LogP contribution in [0.15, 0.2) is 34.8 Å². The monoisotopic (exact) mass is 625 g/mol. The Kier molecular flexibility index (Phi) is 10.8. The Hall–Kier alpha value is -2.17. The van der Waals surface area contributed by atoms with E-state index in [1.54, 1.807) is 12.1 Å². The maximum absolute atomic E-state index is 15.5. The minimum absolute atomic E-state index is 0.0551. The van der Waals surface area contributed by atoms with Gasteiger partial charge in [-0.3, -0.25) is 0 Å². The molecule has 0 atom stereocenters. The topological polar surface area (TPSA) is 71.6 Å². The number of hydrogen-bond donors (Lipinski definition) is 3. The molecular formula is C28H41BrFN3O3SSi. The van der Waals surface area contributed by atoms with Crippen LogP contribution >= 0.6 is 28.1 Å². The minimum atomic E-state index is -2.22. The van der Waals surface area contributed by atoms with Gasteiger partial charge in [0, 0.05) is 16.7 Å². The molecule has 0 aliphatic rings. The average Bonchev–Trinajstić information content (AvgIpc) is 2.78. The number of alkyl carbamates (subject to hydrolysis) is 1. The van der Waals surface area contributed by atoms with Crippen molar-refractivity contribution in [3.8, 4) is 5.75 Å². The first-order valence-corrected chi connectivity index (χ1v) is 16.8. The van der Waals surface area contributed by atoms with E-state index in [1.165, 1.54) is 0 Å². The van der Waals surface area contributed by atoms with Gasteiger partial charge in [0.2, 0.25) is 0 Å². The molecule has 0 aliphatic carbocycles. The van der Waals surface area contributed by atoms with Crippen molar-refractivity contribution < 1.29 is 18.3 Å². The van der Waals surface area contributed by atoms with Crippen molar-refractivity contribution in [2.24, 2.45) is 0 Å². The number of halogens is 2. The summed E-state index contributed by atoms with van der Waals surface area (Å²) in [6.45, 7) is 18.6. The van der Waals surface area contributed by atoms with Crippen molar-refractivity contribution in [2.45, 2.75) is 85.2 Å². The van der Waals surface area contributed by atoms with Gasteiger partial charge in [0.25, 0.3) is 8.32 Å². The van der Waals surface area contributed by atoms with Crippen LogP contribution in [0.25, 0.3) is 0 Å². The molecule has 210 valence electrons. The molecule has 1 amide bonds. The molecular weight excluding hydrogens is 585 g/mol. The number of rotatable bonds is 9. The Morgan fingerprint density at radius 2 is 1.76 bits per heavy atom. The minimum Gasteiger partial charge on any atom is -0.541 e. The number of anilines is 2. The van der Waals surface area contributed by atoms with E-state index in [9.17, 15) is 4.79 Å². The van der Waals surface area contributed by atoms with Gasteiger partial charge in [-0.25, -0.2) is 9.18 Å². The Morgan fingerprint density at radius 1 is 1.11 bits per heavy atom. The zero-order valence-corrected chi connectivity index (χ0v) is 27.3. The van der Waals surface area contributed by atoms with Gasteiger partial charge in [0.1, 0.15) is 11.4 Å². The van der Waals surface area contributed by atoms with E-state index in [4.69, 9.17) is 21.4 Å². The second kappa shape index (κ2) is 12.8. The Labute approximate surface area is 241 Å². The summed E-state index contributed by atoms with van der Waals surface area (Å²) in [5, 5.41) is 9.02. The Balaban J connectivity index is 2.09. The Bertz CT molecular complexity index is 1160. The highest BCUT2D eigenvalue weighted by Gasteiger charge is 2.39. The summed E-state index contributed by atoms with van der Waals surface area (Å²) in [6, 6.07) is 9.26. The van der Waals surface area contributed by atoms with Gasteiger partial charge in [-0.05, 0) is 86.8 Å². The molecule has 0 spiro atoms. The molecule has 0 radical (unpaired) electrons. The van der Waals surface area contributed by atoms with Gasteiger partial charge < -0.3 is 25.1 Å². The molecule has 0 unspecified atom stereocenters. The molecule has 2 rings (SSSR count). The molecule has 0 heterocycles. The summed E-state index contributed by atoms with van der Waals surface area (Å²) >= 11 is 9.04. The number of carbonyl (C=O) groups is 1. The lowest BCUT2D eigenvalue weighted by Gasteiger charge is -2.36. The van der Waals surface area contributed by atoms with E-state index in [2.05, 4.69) is 65.7 Å². The summed E-state index contributed by atoms with van der Waals surface area (Å²) in [5.41, 5.74) is 2.38. The van der Waals surface area contributed by atoms with Crippen LogP contribution < -0.4 is 20.4 Å². The van der Waals surface area contributed by atoms with Gasteiger partial charge in [-0.1, -0.05) is 55.8 Å². The van der Waals surface area contributed by atoms with Crippen LogP contribution in [-0.2, 0) is 17.7 Å². The normalized spacial score (nSPS) is 12.1. The van der Waals surface area contributed by atoms with E-state index >= 15 is 4.39 Å². The number of thiocarbonyl (C=S) groups is 1. The largest absolute Gasteiger partial charge is 0.541 e. The molecule has 2 aromatic rings. The van der Waals surface area contributed by atoms with Gasteiger partial charge in [0.05, 0.1) is 17.2 Å². The third-order valence-electron chi connectivity index (χ3n) is 6.27. The summed E-state index contributed by atoms with van der Waals surface area (Å²) in [5.74, 6) is -0.169. The summed E-state index contributed by atoms with van der Waals surface area (Å²) in [6.07, 6.45) is 0.258. The molecule has 0 aliphatic heterocycles. The summed E-state index contributed by atoms with van der Waals surface area (Å²) in [4.78, 5) is 12.4. The van der Waals surface area contributed by atoms with Crippen LogP contribution in [0, 0.1) is 5.82 Å². The molecule has 0 bridgehead atoms. The molecule has 0 fully saturated rings. The predicted octanol–water partition coefficient (Wildman–Crippen LogP) is 8.41. The highest BCUT2D eigenvalue weighted by Crippen LogP contribution is 2.39. The number of hydrogen-bond acceptors (Lipinski definition) is 5. The Morgan fingerprint density at radius 3 is 2.34 bits per heavy atom. The van der Waals surface area contributed by atoms with Crippen LogP contribution in [0.2, 0.25) is 18.1 Å². The molecule has 3 N–H and O–H groups in total. The standard InChI is InChI=1S/C28H41BrFN3O3SSi/c1-10-18-13-22(25(30)23(14-18)36-38(8,9)28(5,6)7)33-24(37)17-31-20-11-12-21(29)19(15-20)16-32-26(34)35-27(2,3)4/h11-15,31H,10,16-17H2,1-9H3,(H,32,34)(H,33,37). The van der Waals surface area contributed by atoms with Crippen molar-refractivity contribution in [3.63, 3.8) is 0 Å². The van der Waals surface area contributed by atoms with Gasteiger partial charge in [0.15, 0.2) is 5.82 Å². The van der Waals surface area contributed by atoms with E-state index in [0.29, 0.717) is 23.8 Å². The fraction of sp³-hybridized carbons (Fsp3) is 0.500. The number of benzene rings is 2. The smallest absolute Gasteiger partial charge is 0.407 e.